The summed E-state index contributed by atoms with van der Waals surface area (Å²) < 4.78 is 57.9. The molecule has 2 heterocycles. The van der Waals surface area contributed by atoms with Crippen molar-refractivity contribution < 1.29 is 31.9 Å². The zero-order chi connectivity index (χ0) is 22.6. The van der Waals surface area contributed by atoms with Crippen LogP contribution in [-0.4, -0.2) is 57.9 Å². The second kappa shape index (κ2) is 9.54. The summed E-state index contributed by atoms with van der Waals surface area (Å²) in [5.41, 5.74) is 2.73. The van der Waals surface area contributed by atoms with Crippen LogP contribution in [0, 0.1) is 5.82 Å². The van der Waals surface area contributed by atoms with Gasteiger partial charge in [-0.3, -0.25) is 4.90 Å². The van der Waals surface area contributed by atoms with E-state index in [-0.39, 0.29) is 12.5 Å². The lowest BCUT2D eigenvalue weighted by molar-refractivity contribution is -0.192. The molecule has 0 atom stereocenters. The predicted octanol–water partition coefficient (Wildman–Crippen LogP) is 3.82. The van der Waals surface area contributed by atoms with Crippen molar-refractivity contribution in [1.82, 2.24) is 14.9 Å². The van der Waals surface area contributed by atoms with Crippen molar-refractivity contribution >= 4 is 11.8 Å². The van der Waals surface area contributed by atoms with E-state index in [9.17, 15) is 22.0 Å². The lowest BCUT2D eigenvalue weighted by Crippen LogP contribution is -2.33. The molecular weight excluding hydrogens is 423 g/mol. The number of carboxylic acid groups (broad SMARTS) is 1. The number of rotatable bonds is 5. The van der Waals surface area contributed by atoms with Crippen molar-refractivity contribution in [2.24, 2.45) is 0 Å². The Morgan fingerprint density at radius 3 is 2.55 bits per heavy atom. The van der Waals surface area contributed by atoms with Gasteiger partial charge in [0.25, 0.3) is 0 Å². The van der Waals surface area contributed by atoms with Crippen molar-refractivity contribution in [3.8, 4) is 11.4 Å². The van der Waals surface area contributed by atoms with Gasteiger partial charge in [0.15, 0.2) is 5.82 Å². The summed E-state index contributed by atoms with van der Waals surface area (Å²) in [7, 11) is 0. The number of halogens is 5. The highest BCUT2D eigenvalue weighted by molar-refractivity contribution is 5.73. The molecule has 0 radical (unpaired) electrons. The number of aromatic nitrogens is 2. The highest BCUT2D eigenvalue weighted by atomic mass is 19.4. The van der Waals surface area contributed by atoms with E-state index < -0.39 is 12.1 Å². The number of hydrogen-bond acceptors (Lipinski definition) is 5. The third-order valence-electron chi connectivity index (χ3n) is 4.78. The SMILES string of the molecule is FCCN1CCc2nc(-c3cccc(F)c3)nc(NC3CC3)c2C1.O=C(O)C(F)(F)F. The first-order valence-electron chi connectivity index (χ1n) is 9.68. The lowest BCUT2D eigenvalue weighted by Gasteiger charge is -2.29. The Kier molecular flexibility index (Phi) is 7.04. The molecule has 168 valence electrons. The summed E-state index contributed by atoms with van der Waals surface area (Å²) in [6.07, 6.45) is -2.04. The molecule has 11 heteroatoms. The fraction of sp³-hybridized carbons (Fsp3) is 0.450. The van der Waals surface area contributed by atoms with E-state index in [1.165, 1.54) is 12.1 Å². The zero-order valence-corrected chi connectivity index (χ0v) is 16.4. The van der Waals surface area contributed by atoms with Crippen LogP contribution in [0.25, 0.3) is 11.4 Å². The molecule has 2 N–H and O–H groups in total. The van der Waals surface area contributed by atoms with E-state index in [2.05, 4.69) is 20.2 Å². The number of fused-ring (bicyclic) bond motifs is 1. The van der Waals surface area contributed by atoms with E-state index >= 15 is 0 Å². The number of nitrogens with one attached hydrogen (secondary N) is 1. The standard InChI is InChI=1S/C18H20F2N4.C2HF3O2/c19-7-9-24-8-6-16-15(11-24)18(21-14-4-5-14)23-17(22-16)12-2-1-3-13(20)10-12;3-2(4,5)1(6)7/h1-3,10,14H,4-9,11H2,(H,21,22,23);(H,6,7). The van der Waals surface area contributed by atoms with Crippen LogP contribution < -0.4 is 5.32 Å². The number of benzene rings is 1. The minimum Gasteiger partial charge on any atom is -0.475 e. The van der Waals surface area contributed by atoms with Crippen LogP contribution in [0.15, 0.2) is 24.3 Å². The van der Waals surface area contributed by atoms with Gasteiger partial charge in [0, 0.05) is 43.2 Å². The number of carbonyl (C=O) groups is 1. The summed E-state index contributed by atoms with van der Waals surface area (Å²) in [5.74, 6) is -1.67. The topological polar surface area (TPSA) is 78.4 Å². The van der Waals surface area contributed by atoms with Crippen molar-refractivity contribution in [2.45, 2.75) is 38.0 Å². The molecule has 1 aromatic heterocycles. The first kappa shape index (κ1) is 22.9. The molecule has 1 aromatic carbocycles. The van der Waals surface area contributed by atoms with Gasteiger partial charge in [-0.25, -0.2) is 23.5 Å². The van der Waals surface area contributed by atoms with Crippen LogP contribution in [0.2, 0.25) is 0 Å². The first-order valence-corrected chi connectivity index (χ1v) is 9.68. The Balaban J connectivity index is 0.000000339. The van der Waals surface area contributed by atoms with Crippen LogP contribution in [0.1, 0.15) is 24.1 Å². The van der Waals surface area contributed by atoms with E-state index in [1.807, 2.05) is 6.07 Å². The van der Waals surface area contributed by atoms with E-state index in [0.717, 1.165) is 42.9 Å². The summed E-state index contributed by atoms with van der Waals surface area (Å²) >= 11 is 0. The molecule has 4 rings (SSSR count). The van der Waals surface area contributed by atoms with E-state index in [0.29, 0.717) is 30.5 Å². The van der Waals surface area contributed by atoms with Gasteiger partial charge < -0.3 is 10.4 Å². The normalized spacial score (nSPS) is 16.2. The Morgan fingerprint density at radius 2 is 1.97 bits per heavy atom. The van der Waals surface area contributed by atoms with Gasteiger partial charge in [-0.1, -0.05) is 12.1 Å². The Labute approximate surface area is 175 Å². The number of alkyl halides is 4. The highest BCUT2D eigenvalue weighted by Crippen LogP contribution is 2.31. The molecule has 0 spiro atoms. The van der Waals surface area contributed by atoms with Crippen molar-refractivity contribution in [3.63, 3.8) is 0 Å². The Bertz CT molecular complexity index is 934. The maximum Gasteiger partial charge on any atom is 0.490 e. The number of anilines is 1. The van der Waals surface area contributed by atoms with Gasteiger partial charge in [0.2, 0.25) is 0 Å². The maximum atomic E-state index is 13.5. The second-order valence-electron chi connectivity index (χ2n) is 7.27. The molecular formula is C20H21F5N4O2. The summed E-state index contributed by atoms with van der Waals surface area (Å²) in [4.78, 5) is 20.3. The fourth-order valence-corrected chi connectivity index (χ4v) is 3.08. The Morgan fingerprint density at radius 1 is 1.26 bits per heavy atom. The zero-order valence-electron chi connectivity index (χ0n) is 16.4. The van der Waals surface area contributed by atoms with Crippen molar-refractivity contribution in [2.75, 3.05) is 25.1 Å². The summed E-state index contributed by atoms with van der Waals surface area (Å²) in [6, 6.07) is 6.83. The number of hydrogen-bond donors (Lipinski definition) is 2. The molecule has 31 heavy (non-hydrogen) atoms. The minimum atomic E-state index is -5.08. The third kappa shape index (κ3) is 6.33. The maximum absolute atomic E-state index is 13.5. The predicted molar refractivity (Wildman–Crippen MR) is 103 cm³/mol. The first-order chi connectivity index (χ1) is 14.7. The van der Waals surface area contributed by atoms with Gasteiger partial charge in [-0.05, 0) is 25.0 Å². The minimum absolute atomic E-state index is 0.292. The molecule has 6 nitrogen and oxygen atoms in total. The molecule has 0 saturated heterocycles. The molecule has 2 aromatic rings. The summed E-state index contributed by atoms with van der Waals surface area (Å²) in [6.45, 7) is 1.55. The number of carboxylic acids is 1. The molecule has 2 aliphatic rings. The monoisotopic (exact) mass is 444 g/mol. The van der Waals surface area contributed by atoms with Gasteiger partial charge >= 0.3 is 12.1 Å². The third-order valence-corrected chi connectivity index (χ3v) is 4.78. The van der Waals surface area contributed by atoms with Crippen molar-refractivity contribution in [3.05, 3.63) is 41.3 Å². The molecule has 0 unspecified atom stereocenters. The lowest BCUT2D eigenvalue weighted by atomic mass is 10.1. The van der Waals surface area contributed by atoms with Gasteiger partial charge in [0.05, 0.1) is 5.69 Å². The fourth-order valence-electron chi connectivity index (χ4n) is 3.08. The molecule has 1 aliphatic heterocycles. The van der Waals surface area contributed by atoms with Crippen LogP contribution in [0.5, 0.6) is 0 Å². The molecule has 1 fully saturated rings. The molecule has 0 bridgehead atoms. The van der Waals surface area contributed by atoms with Crippen LogP contribution in [0.3, 0.4) is 0 Å². The summed E-state index contributed by atoms with van der Waals surface area (Å²) in [5, 5.41) is 10.6. The van der Waals surface area contributed by atoms with Crippen LogP contribution in [-0.2, 0) is 17.8 Å². The second-order valence-corrected chi connectivity index (χ2v) is 7.27. The highest BCUT2D eigenvalue weighted by Gasteiger charge is 2.38. The van der Waals surface area contributed by atoms with Crippen LogP contribution in [0.4, 0.5) is 27.8 Å². The number of aliphatic carboxylic acids is 1. The van der Waals surface area contributed by atoms with Crippen LogP contribution >= 0.6 is 0 Å². The Hall–Kier alpha value is -2.82. The largest absolute Gasteiger partial charge is 0.490 e. The molecule has 0 amide bonds. The molecule has 1 aliphatic carbocycles. The average molecular weight is 444 g/mol. The van der Waals surface area contributed by atoms with Gasteiger partial charge in [-0.2, -0.15) is 13.2 Å². The average Bonchev–Trinajstić information content (AvgIpc) is 3.52. The van der Waals surface area contributed by atoms with E-state index in [4.69, 9.17) is 9.90 Å². The number of nitrogens with zero attached hydrogens (tertiary/aromatic N) is 3. The van der Waals surface area contributed by atoms with Gasteiger partial charge in [-0.15, -0.1) is 0 Å². The van der Waals surface area contributed by atoms with Crippen molar-refractivity contribution in [1.29, 1.82) is 0 Å². The molecule has 1 saturated carbocycles. The quantitative estimate of drug-likeness (QED) is 0.683. The smallest absolute Gasteiger partial charge is 0.475 e. The van der Waals surface area contributed by atoms with E-state index in [1.54, 1.807) is 6.07 Å². The van der Waals surface area contributed by atoms with Gasteiger partial charge in [0.1, 0.15) is 18.3 Å².